The summed E-state index contributed by atoms with van der Waals surface area (Å²) in [5, 5.41) is 6.75. The zero-order valence-electron chi connectivity index (χ0n) is 11.5. The fourth-order valence-electron chi connectivity index (χ4n) is 2.34. The fraction of sp³-hybridized carbons (Fsp3) is 0.692. The van der Waals surface area contributed by atoms with E-state index in [0.717, 1.165) is 49.9 Å². The number of hydrogen-bond acceptors (Lipinski definition) is 5. The number of likely N-dealkylation sites (N-methyl/N-ethyl adjacent to an activating group) is 1. The zero-order chi connectivity index (χ0) is 13.0. The molecule has 2 N–H and O–H groups in total. The molecule has 0 saturated carbocycles. The minimum atomic E-state index is 0.608. The number of nitrogens with zero attached hydrogens (tertiary/aromatic N) is 3. The molecule has 2 rings (SSSR count). The molecule has 0 bridgehead atoms. The van der Waals surface area contributed by atoms with E-state index in [0.29, 0.717) is 6.04 Å². The first-order valence-electron chi connectivity index (χ1n) is 6.62. The van der Waals surface area contributed by atoms with Gasteiger partial charge in [-0.05, 0) is 33.4 Å². The predicted molar refractivity (Wildman–Crippen MR) is 73.9 cm³/mol. The molecular formula is C13H23N5. The fourth-order valence-corrected chi connectivity index (χ4v) is 2.34. The first-order valence-corrected chi connectivity index (χ1v) is 6.62. The summed E-state index contributed by atoms with van der Waals surface area (Å²) in [4.78, 5) is 11.2. The van der Waals surface area contributed by atoms with Crippen molar-refractivity contribution in [3.8, 4) is 0 Å². The van der Waals surface area contributed by atoms with E-state index in [9.17, 15) is 0 Å². The average molecular weight is 249 g/mol. The van der Waals surface area contributed by atoms with Crippen LogP contribution in [0.1, 0.15) is 17.8 Å². The van der Waals surface area contributed by atoms with Gasteiger partial charge in [-0.1, -0.05) is 0 Å². The molecule has 1 saturated heterocycles. The van der Waals surface area contributed by atoms with Crippen LogP contribution in [0.15, 0.2) is 6.07 Å². The molecule has 5 heteroatoms. The molecule has 5 nitrogen and oxygen atoms in total. The van der Waals surface area contributed by atoms with Gasteiger partial charge in [-0.25, -0.2) is 9.97 Å². The summed E-state index contributed by atoms with van der Waals surface area (Å²) in [5.74, 6) is 0.749. The van der Waals surface area contributed by atoms with Gasteiger partial charge in [0.05, 0.1) is 0 Å². The molecule has 18 heavy (non-hydrogen) atoms. The zero-order valence-corrected chi connectivity index (χ0v) is 11.5. The SMILES string of the molecule is Cc1cc(C)nc(NCCC2CNCCN2C)n1. The van der Waals surface area contributed by atoms with Gasteiger partial charge in [0.2, 0.25) is 5.95 Å². The highest BCUT2D eigenvalue weighted by Gasteiger charge is 2.17. The third-order valence-corrected chi connectivity index (χ3v) is 3.39. The molecule has 1 unspecified atom stereocenters. The molecule has 1 fully saturated rings. The van der Waals surface area contributed by atoms with Gasteiger partial charge in [0.1, 0.15) is 0 Å². The minimum absolute atomic E-state index is 0.608. The van der Waals surface area contributed by atoms with Gasteiger partial charge < -0.3 is 15.5 Å². The number of aromatic nitrogens is 2. The molecule has 0 amide bonds. The van der Waals surface area contributed by atoms with Crippen LogP contribution in [-0.4, -0.2) is 54.1 Å². The highest BCUT2D eigenvalue weighted by molar-refractivity contribution is 5.27. The van der Waals surface area contributed by atoms with E-state index in [1.807, 2.05) is 19.9 Å². The Kier molecular flexibility index (Phi) is 4.49. The Morgan fingerprint density at radius 3 is 2.78 bits per heavy atom. The van der Waals surface area contributed by atoms with Crippen molar-refractivity contribution in [2.24, 2.45) is 0 Å². The number of nitrogens with one attached hydrogen (secondary N) is 2. The lowest BCUT2D eigenvalue weighted by atomic mass is 10.1. The number of aryl methyl sites for hydroxylation is 2. The Bertz CT molecular complexity index is 373. The standard InChI is InChI=1S/C13H23N5/c1-10-8-11(2)17-13(16-10)15-5-4-12-9-14-6-7-18(12)3/h8,12,14H,4-7,9H2,1-3H3,(H,15,16,17). The number of hydrogen-bond donors (Lipinski definition) is 2. The van der Waals surface area contributed by atoms with E-state index < -0.39 is 0 Å². The normalized spacial score (nSPS) is 20.9. The van der Waals surface area contributed by atoms with Crippen molar-refractivity contribution in [3.63, 3.8) is 0 Å². The van der Waals surface area contributed by atoms with Gasteiger partial charge in [0.25, 0.3) is 0 Å². The molecule has 0 radical (unpaired) electrons. The number of piperazine rings is 1. The highest BCUT2D eigenvalue weighted by Crippen LogP contribution is 2.07. The second-order valence-electron chi connectivity index (χ2n) is 5.03. The van der Waals surface area contributed by atoms with Crippen LogP contribution < -0.4 is 10.6 Å². The lowest BCUT2D eigenvalue weighted by Gasteiger charge is -2.33. The molecule has 0 aliphatic carbocycles. The van der Waals surface area contributed by atoms with Crippen LogP contribution in [-0.2, 0) is 0 Å². The monoisotopic (exact) mass is 249 g/mol. The maximum absolute atomic E-state index is 4.38. The molecule has 1 atom stereocenters. The summed E-state index contributed by atoms with van der Waals surface area (Å²) < 4.78 is 0. The van der Waals surface area contributed by atoms with Crippen LogP contribution in [0.5, 0.6) is 0 Å². The van der Waals surface area contributed by atoms with Gasteiger partial charge in [-0.2, -0.15) is 0 Å². The van der Waals surface area contributed by atoms with Crippen molar-refractivity contribution < 1.29 is 0 Å². The third-order valence-electron chi connectivity index (χ3n) is 3.39. The molecule has 2 heterocycles. The Balaban J connectivity index is 1.80. The molecule has 1 aliphatic heterocycles. The quantitative estimate of drug-likeness (QED) is 0.826. The van der Waals surface area contributed by atoms with Gasteiger partial charge in [0, 0.05) is 43.6 Å². The smallest absolute Gasteiger partial charge is 0.223 e. The maximum Gasteiger partial charge on any atom is 0.223 e. The van der Waals surface area contributed by atoms with Crippen molar-refractivity contribution >= 4 is 5.95 Å². The Hall–Kier alpha value is -1.20. The molecule has 1 aromatic heterocycles. The van der Waals surface area contributed by atoms with Crippen molar-refractivity contribution in [2.45, 2.75) is 26.3 Å². The van der Waals surface area contributed by atoms with E-state index in [1.54, 1.807) is 0 Å². The molecular weight excluding hydrogens is 226 g/mol. The molecule has 0 spiro atoms. The summed E-state index contributed by atoms with van der Waals surface area (Å²) in [6.07, 6.45) is 1.11. The van der Waals surface area contributed by atoms with Crippen molar-refractivity contribution in [3.05, 3.63) is 17.5 Å². The minimum Gasteiger partial charge on any atom is -0.354 e. The van der Waals surface area contributed by atoms with Gasteiger partial charge >= 0.3 is 0 Å². The average Bonchev–Trinajstić information content (AvgIpc) is 2.30. The van der Waals surface area contributed by atoms with Crippen molar-refractivity contribution in [2.75, 3.05) is 38.5 Å². The first kappa shape index (κ1) is 13.2. The van der Waals surface area contributed by atoms with E-state index in [1.165, 1.54) is 0 Å². The van der Waals surface area contributed by atoms with Crippen molar-refractivity contribution in [1.82, 2.24) is 20.2 Å². The van der Waals surface area contributed by atoms with Crippen LogP contribution in [0.25, 0.3) is 0 Å². The maximum atomic E-state index is 4.38. The van der Waals surface area contributed by atoms with Crippen LogP contribution >= 0.6 is 0 Å². The van der Waals surface area contributed by atoms with E-state index >= 15 is 0 Å². The van der Waals surface area contributed by atoms with Crippen LogP contribution in [0.4, 0.5) is 5.95 Å². The van der Waals surface area contributed by atoms with Crippen LogP contribution in [0, 0.1) is 13.8 Å². The lowest BCUT2D eigenvalue weighted by molar-refractivity contribution is 0.194. The summed E-state index contributed by atoms with van der Waals surface area (Å²) in [6.45, 7) is 8.22. The second-order valence-corrected chi connectivity index (χ2v) is 5.03. The number of rotatable bonds is 4. The van der Waals surface area contributed by atoms with Crippen molar-refractivity contribution in [1.29, 1.82) is 0 Å². The third kappa shape index (κ3) is 3.65. The Morgan fingerprint density at radius 1 is 1.39 bits per heavy atom. The summed E-state index contributed by atoms with van der Waals surface area (Å²) in [5.41, 5.74) is 2.03. The summed E-state index contributed by atoms with van der Waals surface area (Å²) in [7, 11) is 2.19. The van der Waals surface area contributed by atoms with Gasteiger partial charge in [-0.3, -0.25) is 0 Å². The summed E-state index contributed by atoms with van der Waals surface area (Å²) >= 11 is 0. The van der Waals surface area contributed by atoms with Crippen LogP contribution in [0.3, 0.4) is 0 Å². The highest BCUT2D eigenvalue weighted by atomic mass is 15.2. The van der Waals surface area contributed by atoms with E-state index in [4.69, 9.17) is 0 Å². The van der Waals surface area contributed by atoms with Gasteiger partial charge in [-0.15, -0.1) is 0 Å². The topological polar surface area (TPSA) is 53.1 Å². The van der Waals surface area contributed by atoms with E-state index in [-0.39, 0.29) is 0 Å². The molecule has 1 aromatic rings. The first-order chi connectivity index (χ1) is 8.65. The predicted octanol–water partition coefficient (Wildman–Crippen LogP) is 0.799. The second kappa shape index (κ2) is 6.11. The van der Waals surface area contributed by atoms with Crippen LogP contribution in [0.2, 0.25) is 0 Å². The number of anilines is 1. The summed E-state index contributed by atoms with van der Waals surface area (Å²) in [6, 6.07) is 2.60. The largest absolute Gasteiger partial charge is 0.354 e. The van der Waals surface area contributed by atoms with E-state index in [2.05, 4.69) is 32.5 Å². The Morgan fingerprint density at radius 2 is 2.11 bits per heavy atom. The molecule has 1 aliphatic rings. The molecule has 0 aromatic carbocycles. The molecule has 100 valence electrons. The lowest BCUT2D eigenvalue weighted by Crippen LogP contribution is -2.49. The Labute approximate surface area is 109 Å². The van der Waals surface area contributed by atoms with Gasteiger partial charge in [0.15, 0.2) is 0 Å².